The lowest BCUT2D eigenvalue weighted by Crippen LogP contribution is -2.23. The second kappa shape index (κ2) is 8.22. The van der Waals surface area contributed by atoms with Gasteiger partial charge in [0.2, 0.25) is 0 Å². The summed E-state index contributed by atoms with van der Waals surface area (Å²) in [7, 11) is 0. The minimum atomic E-state index is -4.06. The number of hydrogen-bond donors (Lipinski definition) is 1. The average molecular weight is 399 g/mol. The van der Waals surface area contributed by atoms with Crippen LogP contribution in [0.3, 0.4) is 0 Å². The second-order valence-corrected chi connectivity index (χ2v) is 6.07. The van der Waals surface area contributed by atoms with Crippen molar-refractivity contribution in [1.82, 2.24) is 5.32 Å². The summed E-state index contributed by atoms with van der Waals surface area (Å²) in [6.07, 6.45) is -3.12. The molecule has 20 heavy (non-hydrogen) atoms. The molecule has 0 aromatic heterocycles. The predicted octanol–water partition coefficient (Wildman–Crippen LogP) is 5.37. The Morgan fingerprint density at radius 2 is 2.00 bits per heavy atom. The van der Waals surface area contributed by atoms with Gasteiger partial charge in [0.25, 0.3) is 0 Å². The fourth-order valence-electron chi connectivity index (χ4n) is 2.13. The molecule has 1 N–H and O–H groups in total. The highest BCUT2D eigenvalue weighted by molar-refractivity contribution is 14.1. The van der Waals surface area contributed by atoms with Crippen LogP contribution < -0.4 is 5.32 Å². The minimum absolute atomic E-state index is 0.00380. The molecule has 0 aliphatic heterocycles. The Labute approximate surface area is 132 Å². The van der Waals surface area contributed by atoms with Crippen LogP contribution in [0.4, 0.5) is 13.2 Å². The topological polar surface area (TPSA) is 12.0 Å². The summed E-state index contributed by atoms with van der Waals surface area (Å²) in [5.74, 6) is 0. The summed E-state index contributed by atoms with van der Waals surface area (Å²) in [5.41, 5.74) is 2.28. The van der Waals surface area contributed by atoms with Crippen molar-refractivity contribution in [3.63, 3.8) is 0 Å². The van der Waals surface area contributed by atoms with Gasteiger partial charge in [-0.05, 0) is 66.4 Å². The van der Waals surface area contributed by atoms with Gasteiger partial charge in [-0.2, -0.15) is 13.2 Å². The third-order valence-corrected chi connectivity index (χ3v) is 4.66. The van der Waals surface area contributed by atoms with Gasteiger partial charge in [0.1, 0.15) is 0 Å². The maximum absolute atomic E-state index is 12.3. The Hall–Kier alpha value is -0.300. The predicted molar refractivity (Wildman–Crippen MR) is 84.8 cm³/mol. The Morgan fingerprint density at radius 3 is 2.60 bits per heavy atom. The van der Waals surface area contributed by atoms with Gasteiger partial charge in [0, 0.05) is 16.0 Å². The van der Waals surface area contributed by atoms with Crippen molar-refractivity contribution in [2.45, 2.75) is 51.7 Å². The largest absolute Gasteiger partial charge is 0.389 e. The van der Waals surface area contributed by atoms with Gasteiger partial charge in [-0.1, -0.05) is 25.1 Å². The van der Waals surface area contributed by atoms with E-state index < -0.39 is 12.6 Å². The van der Waals surface area contributed by atoms with Crippen LogP contribution >= 0.6 is 22.6 Å². The smallest absolute Gasteiger partial charge is 0.310 e. The molecular weight excluding hydrogens is 378 g/mol. The normalized spacial score (nSPS) is 13.5. The molecule has 0 bridgehead atoms. The zero-order valence-electron chi connectivity index (χ0n) is 11.9. The molecule has 0 amide bonds. The summed E-state index contributed by atoms with van der Waals surface area (Å²) >= 11 is 2.28. The molecule has 1 atom stereocenters. The minimum Gasteiger partial charge on any atom is -0.310 e. The molecule has 5 heteroatoms. The molecule has 0 heterocycles. The summed E-state index contributed by atoms with van der Waals surface area (Å²) in [5, 5.41) is 3.37. The zero-order chi connectivity index (χ0) is 15.2. The van der Waals surface area contributed by atoms with E-state index in [-0.39, 0.29) is 12.5 Å². The molecule has 0 saturated carbocycles. The highest BCUT2D eigenvalue weighted by Crippen LogP contribution is 2.29. The lowest BCUT2D eigenvalue weighted by Gasteiger charge is -2.21. The Kier molecular flexibility index (Phi) is 7.29. The molecule has 1 unspecified atom stereocenters. The molecule has 0 saturated heterocycles. The number of rotatable bonds is 7. The number of halogens is 4. The van der Waals surface area contributed by atoms with Crippen molar-refractivity contribution in [1.29, 1.82) is 0 Å². The lowest BCUT2D eigenvalue weighted by molar-refractivity contribution is -0.135. The van der Waals surface area contributed by atoms with E-state index in [0.717, 1.165) is 22.1 Å². The van der Waals surface area contributed by atoms with E-state index in [9.17, 15) is 13.2 Å². The fraction of sp³-hybridized carbons (Fsp3) is 0.600. The van der Waals surface area contributed by atoms with Crippen molar-refractivity contribution in [2.75, 3.05) is 6.54 Å². The first-order valence-electron chi connectivity index (χ1n) is 6.90. The first kappa shape index (κ1) is 17.8. The monoisotopic (exact) mass is 399 g/mol. The van der Waals surface area contributed by atoms with Gasteiger partial charge in [-0.25, -0.2) is 0 Å². The Balaban J connectivity index is 2.75. The van der Waals surface area contributed by atoms with Crippen LogP contribution in [0.1, 0.15) is 49.8 Å². The van der Waals surface area contributed by atoms with Crippen LogP contribution in [0.25, 0.3) is 0 Å². The van der Waals surface area contributed by atoms with E-state index in [0.29, 0.717) is 6.42 Å². The van der Waals surface area contributed by atoms with Gasteiger partial charge in [-0.3, -0.25) is 0 Å². The van der Waals surface area contributed by atoms with E-state index in [4.69, 9.17) is 0 Å². The summed E-state index contributed by atoms with van der Waals surface area (Å²) in [4.78, 5) is 0. The molecule has 1 rings (SSSR count). The van der Waals surface area contributed by atoms with E-state index >= 15 is 0 Å². The van der Waals surface area contributed by atoms with Gasteiger partial charge < -0.3 is 5.32 Å². The summed E-state index contributed by atoms with van der Waals surface area (Å²) < 4.78 is 38.0. The molecule has 0 aliphatic rings. The van der Waals surface area contributed by atoms with Crippen LogP contribution in [-0.2, 0) is 0 Å². The maximum Gasteiger partial charge on any atom is 0.389 e. The molecule has 1 aromatic rings. The highest BCUT2D eigenvalue weighted by Gasteiger charge is 2.27. The van der Waals surface area contributed by atoms with E-state index in [2.05, 4.69) is 34.8 Å². The summed E-state index contributed by atoms with van der Waals surface area (Å²) in [6.45, 7) is 4.90. The zero-order valence-corrected chi connectivity index (χ0v) is 14.0. The first-order valence-corrected chi connectivity index (χ1v) is 7.98. The number of aryl methyl sites for hydroxylation is 1. The molecule has 1 nitrogen and oxygen atoms in total. The SMILES string of the molecule is CCCNC(CCCC(F)(F)F)c1cccc(C)c1I. The molecule has 114 valence electrons. The number of nitrogens with one attached hydrogen (secondary N) is 1. The van der Waals surface area contributed by atoms with Crippen molar-refractivity contribution in [3.05, 3.63) is 32.9 Å². The van der Waals surface area contributed by atoms with Gasteiger partial charge >= 0.3 is 6.18 Å². The third-order valence-electron chi connectivity index (χ3n) is 3.19. The van der Waals surface area contributed by atoms with Crippen molar-refractivity contribution in [2.24, 2.45) is 0 Å². The van der Waals surface area contributed by atoms with Crippen LogP contribution in [0.15, 0.2) is 18.2 Å². The van der Waals surface area contributed by atoms with Crippen LogP contribution in [0.2, 0.25) is 0 Å². The number of alkyl halides is 3. The maximum atomic E-state index is 12.3. The number of benzene rings is 1. The average Bonchev–Trinajstić information content (AvgIpc) is 2.36. The number of hydrogen-bond acceptors (Lipinski definition) is 1. The molecule has 0 radical (unpaired) electrons. The van der Waals surface area contributed by atoms with E-state index in [1.807, 2.05) is 25.1 Å². The van der Waals surface area contributed by atoms with Crippen molar-refractivity contribution in [3.8, 4) is 0 Å². The first-order chi connectivity index (χ1) is 9.35. The summed E-state index contributed by atoms with van der Waals surface area (Å²) in [6, 6.07) is 6.01. The van der Waals surface area contributed by atoms with Crippen LogP contribution in [0.5, 0.6) is 0 Å². The third kappa shape index (κ3) is 5.99. The lowest BCUT2D eigenvalue weighted by atomic mass is 9.99. The van der Waals surface area contributed by atoms with E-state index in [1.54, 1.807) is 0 Å². The fourth-order valence-corrected chi connectivity index (χ4v) is 2.87. The quantitative estimate of drug-likeness (QED) is 0.608. The molecule has 0 fully saturated rings. The van der Waals surface area contributed by atoms with Gasteiger partial charge in [-0.15, -0.1) is 0 Å². The Morgan fingerprint density at radius 1 is 1.30 bits per heavy atom. The van der Waals surface area contributed by atoms with Crippen molar-refractivity contribution >= 4 is 22.6 Å². The molecule has 1 aromatic carbocycles. The Bertz CT molecular complexity index is 418. The standard InChI is InChI=1S/C15H21F3IN/c1-3-10-20-13(8-5-9-15(16,17)18)12-7-4-6-11(2)14(12)19/h4,6-7,13,20H,3,5,8-10H2,1-2H3. The van der Waals surface area contributed by atoms with E-state index in [1.165, 1.54) is 5.56 Å². The van der Waals surface area contributed by atoms with Crippen LogP contribution in [-0.4, -0.2) is 12.7 Å². The highest BCUT2D eigenvalue weighted by atomic mass is 127. The van der Waals surface area contributed by atoms with Crippen molar-refractivity contribution < 1.29 is 13.2 Å². The van der Waals surface area contributed by atoms with Gasteiger partial charge in [0.05, 0.1) is 0 Å². The molecular formula is C15H21F3IN. The van der Waals surface area contributed by atoms with Gasteiger partial charge in [0.15, 0.2) is 0 Å². The van der Waals surface area contributed by atoms with Crippen LogP contribution in [0, 0.1) is 10.5 Å². The second-order valence-electron chi connectivity index (χ2n) is 4.99. The molecule has 0 aliphatic carbocycles. The molecule has 0 spiro atoms.